The zero-order chi connectivity index (χ0) is 15.5. The molecule has 6 heteroatoms. The highest BCUT2D eigenvalue weighted by Gasteiger charge is 2.29. The molecule has 1 aromatic heterocycles. The summed E-state index contributed by atoms with van der Waals surface area (Å²) >= 11 is 0. The van der Waals surface area contributed by atoms with E-state index in [4.69, 9.17) is 5.73 Å². The van der Waals surface area contributed by atoms with Crippen LogP contribution in [0, 0.1) is 0 Å². The highest BCUT2D eigenvalue weighted by molar-refractivity contribution is 5.87. The van der Waals surface area contributed by atoms with E-state index < -0.39 is 5.41 Å². The van der Waals surface area contributed by atoms with Gasteiger partial charge >= 0.3 is 0 Å². The zero-order valence-corrected chi connectivity index (χ0v) is 12.6. The number of anilines is 1. The lowest BCUT2D eigenvalue weighted by atomic mass is 9.83. The first-order valence-electron chi connectivity index (χ1n) is 6.88. The van der Waals surface area contributed by atoms with Gasteiger partial charge in [0.2, 0.25) is 5.91 Å². The van der Waals surface area contributed by atoms with Gasteiger partial charge in [0.25, 0.3) is 0 Å². The summed E-state index contributed by atoms with van der Waals surface area (Å²) in [4.78, 5) is 16.5. The SMILES string of the molecule is Cn1cnc(CCNC(=O)C(C)(C)c2ccc(N)cc2)n1. The lowest BCUT2D eigenvalue weighted by Crippen LogP contribution is -2.41. The normalized spacial score (nSPS) is 11.4. The first-order chi connectivity index (χ1) is 9.89. The van der Waals surface area contributed by atoms with Crippen molar-refractivity contribution in [2.24, 2.45) is 7.05 Å². The highest BCUT2D eigenvalue weighted by Crippen LogP contribution is 2.24. The lowest BCUT2D eigenvalue weighted by molar-refractivity contribution is -0.125. The van der Waals surface area contributed by atoms with Crippen molar-refractivity contribution in [2.45, 2.75) is 25.7 Å². The van der Waals surface area contributed by atoms with Crippen molar-refractivity contribution >= 4 is 11.6 Å². The van der Waals surface area contributed by atoms with Crippen molar-refractivity contribution in [3.05, 3.63) is 42.0 Å². The van der Waals surface area contributed by atoms with Crippen molar-refractivity contribution in [1.29, 1.82) is 0 Å². The number of hydrogen-bond donors (Lipinski definition) is 2. The monoisotopic (exact) mass is 287 g/mol. The number of amides is 1. The fraction of sp³-hybridized carbons (Fsp3) is 0.400. The van der Waals surface area contributed by atoms with Crippen LogP contribution in [0.1, 0.15) is 25.2 Å². The van der Waals surface area contributed by atoms with Gasteiger partial charge in [0.05, 0.1) is 5.41 Å². The van der Waals surface area contributed by atoms with E-state index in [-0.39, 0.29) is 5.91 Å². The number of carbonyl (C=O) groups excluding carboxylic acids is 1. The van der Waals surface area contributed by atoms with Crippen molar-refractivity contribution < 1.29 is 4.79 Å². The van der Waals surface area contributed by atoms with Crippen LogP contribution in [-0.4, -0.2) is 27.2 Å². The van der Waals surface area contributed by atoms with Crippen molar-refractivity contribution in [3.8, 4) is 0 Å². The molecule has 0 bridgehead atoms. The van der Waals surface area contributed by atoms with Gasteiger partial charge in [-0.15, -0.1) is 0 Å². The third kappa shape index (κ3) is 3.59. The maximum atomic E-state index is 12.4. The fourth-order valence-electron chi connectivity index (χ4n) is 2.04. The van der Waals surface area contributed by atoms with E-state index in [1.54, 1.807) is 11.0 Å². The molecule has 0 aliphatic carbocycles. The second kappa shape index (κ2) is 5.95. The number of nitrogens with zero attached hydrogens (tertiary/aromatic N) is 3. The second-order valence-electron chi connectivity index (χ2n) is 5.59. The van der Waals surface area contributed by atoms with Crippen LogP contribution in [0.5, 0.6) is 0 Å². The predicted octanol–water partition coefficient (Wildman–Crippen LogP) is 1.03. The minimum Gasteiger partial charge on any atom is -0.399 e. The molecule has 0 unspecified atom stereocenters. The Morgan fingerprint density at radius 1 is 1.33 bits per heavy atom. The van der Waals surface area contributed by atoms with Gasteiger partial charge in [-0.25, -0.2) is 4.98 Å². The van der Waals surface area contributed by atoms with Gasteiger partial charge in [-0.3, -0.25) is 9.48 Å². The van der Waals surface area contributed by atoms with Gasteiger partial charge in [0.1, 0.15) is 6.33 Å². The van der Waals surface area contributed by atoms with Crippen LogP contribution in [0.3, 0.4) is 0 Å². The van der Waals surface area contributed by atoms with Crippen molar-refractivity contribution in [2.75, 3.05) is 12.3 Å². The lowest BCUT2D eigenvalue weighted by Gasteiger charge is -2.24. The number of rotatable bonds is 5. The molecule has 3 N–H and O–H groups in total. The van der Waals surface area contributed by atoms with Crippen molar-refractivity contribution in [3.63, 3.8) is 0 Å². The largest absolute Gasteiger partial charge is 0.399 e. The van der Waals surface area contributed by atoms with E-state index in [0.29, 0.717) is 18.7 Å². The molecule has 0 aliphatic rings. The van der Waals surface area contributed by atoms with Crippen molar-refractivity contribution in [1.82, 2.24) is 20.1 Å². The van der Waals surface area contributed by atoms with E-state index in [1.165, 1.54) is 0 Å². The number of nitrogen functional groups attached to an aromatic ring is 1. The Bertz CT molecular complexity index is 615. The number of aryl methyl sites for hydroxylation is 1. The first kappa shape index (κ1) is 15.0. The average Bonchev–Trinajstić information content (AvgIpc) is 2.85. The fourth-order valence-corrected chi connectivity index (χ4v) is 2.04. The number of aromatic nitrogens is 3. The van der Waals surface area contributed by atoms with Crippen LogP contribution in [0.2, 0.25) is 0 Å². The molecular weight excluding hydrogens is 266 g/mol. The maximum absolute atomic E-state index is 12.4. The number of nitrogens with two attached hydrogens (primary N) is 1. The Morgan fingerprint density at radius 2 is 2.00 bits per heavy atom. The van der Waals surface area contributed by atoms with Crippen LogP contribution in [0.4, 0.5) is 5.69 Å². The molecule has 0 spiro atoms. The van der Waals surface area contributed by atoms with E-state index in [9.17, 15) is 4.79 Å². The topological polar surface area (TPSA) is 85.8 Å². The quantitative estimate of drug-likeness (QED) is 0.804. The Labute approximate surface area is 124 Å². The molecule has 1 amide bonds. The summed E-state index contributed by atoms with van der Waals surface area (Å²) in [5.74, 6) is 0.700. The standard InChI is InChI=1S/C15H21N5O/c1-15(2,11-4-6-12(16)7-5-11)14(21)17-9-8-13-18-10-20(3)19-13/h4-7,10H,8-9,16H2,1-3H3,(H,17,21). The Hall–Kier alpha value is -2.37. The molecule has 0 aliphatic heterocycles. The van der Waals surface area contributed by atoms with Gasteiger partial charge in [0, 0.05) is 25.7 Å². The van der Waals surface area contributed by atoms with Gasteiger partial charge in [-0.2, -0.15) is 5.10 Å². The molecule has 0 saturated heterocycles. The summed E-state index contributed by atoms with van der Waals surface area (Å²) in [5.41, 5.74) is 6.70. The summed E-state index contributed by atoms with van der Waals surface area (Å²) in [6.45, 7) is 4.31. The third-order valence-electron chi connectivity index (χ3n) is 3.48. The summed E-state index contributed by atoms with van der Waals surface area (Å²) in [5, 5.41) is 7.11. The summed E-state index contributed by atoms with van der Waals surface area (Å²) in [6.07, 6.45) is 2.26. The van der Waals surface area contributed by atoms with E-state index >= 15 is 0 Å². The first-order valence-corrected chi connectivity index (χ1v) is 6.88. The summed E-state index contributed by atoms with van der Waals surface area (Å²) < 4.78 is 1.65. The Morgan fingerprint density at radius 3 is 2.57 bits per heavy atom. The molecule has 1 heterocycles. The zero-order valence-electron chi connectivity index (χ0n) is 12.6. The number of benzene rings is 1. The number of nitrogens with one attached hydrogen (secondary N) is 1. The molecular formula is C15H21N5O. The predicted molar refractivity (Wildman–Crippen MR) is 81.6 cm³/mol. The smallest absolute Gasteiger partial charge is 0.230 e. The van der Waals surface area contributed by atoms with Crippen LogP contribution in [-0.2, 0) is 23.7 Å². The van der Waals surface area contributed by atoms with Gasteiger partial charge in [-0.05, 0) is 31.5 Å². The highest BCUT2D eigenvalue weighted by atomic mass is 16.2. The van der Waals surface area contributed by atoms with Crippen LogP contribution in [0.25, 0.3) is 0 Å². The minimum atomic E-state index is -0.606. The van der Waals surface area contributed by atoms with Crippen LogP contribution in [0.15, 0.2) is 30.6 Å². The minimum absolute atomic E-state index is 0.0248. The van der Waals surface area contributed by atoms with E-state index in [2.05, 4.69) is 15.4 Å². The maximum Gasteiger partial charge on any atom is 0.230 e. The Balaban J connectivity index is 1.93. The van der Waals surface area contributed by atoms with E-state index in [0.717, 1.165) is 11.4 Å². The summed E-state index contributed by atoms with van der Waals surface area (Å²) in [6, 6.07) is 7.38. The molecule has 2 aromatic rings. The average molecular weight is 287 g/mol. The van der Waals surface area contributed by atoms with Gasteiger partial charge in [0.15, 0.2) is 5.82 Å². The molecule has 6 nitrogen and oxygen atoms in total. The van der Waals surface area contributed by atoms with Crippen LogP contribution < -0.4 is 11.1 Å². The molecule has 21 heavy (non-hydrogen) atoms. The molecule has 0 fully saturated rings. The molecule has 0 atom stereocenters. The number of carbonyl (C=O) groups is 1. The molecule has 112 valence electrons. The van der Waals surface area contributed by atoms with Crippen LogP contribution >= 0.6 is 0 Å². The van der Waals surface area contributed by atoms with Gasteiger partial charge < -0.3 is 11.1 Å². The summed E-state index contributed by atoms with van der Waals surface area (Å²) in [7, 11) is 1.82. The third-order valence-corrected chi connectivity index (χ3v) is 3.48. The molecule has 2 rings (SSSR count). The Kier molecular flexibility index (Phi) is 4.26. The van der Waals surface area contributed by atoms with Gasteiger partial charge in [-0.1, -0.05) is 12.1 Å². The van der Waals surface area contributed by atoms with E-state index in [1.807, 2.05) is 45.2 Å². The molecule has 1 aromatic carbocycles. The second-order valence-corrected chi connectivity index (χ2v) is 5.59. The molecule has 0 saturated carbocycles. The number of hydrogen-bond acceptors (Lipinski definition) is 4. The molecule has 0 radical (unpaired) electrons.